The van der Waals surface area contributed by atoms with Gasteiger partial charge in [0.25, 0.3) is 5.91 Å². The Labute approximate surface area is 106 Å². The third-order valence-electron chi connectivity index (χ3n) is 2.79. The number of H-pyrrole nitrogens is 1. The topological polar surface area (TPSA) is 54.1 Å². The van der Waals surface area contributed by atoms with Crippen LogP contribution in [-0.2, 0) is 4.74 Å². The summed E-state index contributed by atoms with van der Waals surface area (Å²) in [5, 5.41) is 3.88. The minimum absolute atomic E-state index is 0.00616. The number of fused-ring (bicyclic) bond motifs is 1. The molecule has 0 saturated heterocycles. The van der Waals surface area contributed by atoms with E-state index in [1.54, 1.807) is 0 Å². The Morgan fingerprint density at radius 3 is 3.06 bits per heavy atom. The lowest BCUT2D eigenvalue weighted by Gasteiger charge is -2.14. The van der Waals surface area contributed by atoms with Crippen LogP contribution in [0.5, 0.6) is 0 Å². The van der Waals surface area contributed by atoms with E-state index in [9.17, 15) is 4.79 Å². The number of hydrogen-bond acceptors (Lipinski definition) is 2. The van der Waals surface area contributed by atoms with Crippen molar-refractivity contribution in [2.24, 2.45) is 0 Å². The van der Waals surface area contributed by atoms with Crippen molar-refractivity contribution in [2.75, 3.05) is 13.2 Å². The standard InChI is InChI=1S/C14H18N2O2/c1-3-18-9-10(2)16-14(17)12-5-4-6-13-11(12)7-8-15-13/h4-8,10,15H,3,9H2,1-2H3,(H,16,17). The Balaban J connectivity index is 2.11. The second kappa shape index (κ2) is 5.69. The molecule has 2 N–H and O–H groups in total. The highest BCUT2D eigenvalue weighted by atomic mass is 16.5. The molecule has 18 heavy (non-hydrogen) atoms. The number of benzene rings is 1. The van der Waals surface area contributed by atoms with Crippen LogP contribution in [0.15, 0.2) is 30.5 Å². The van der Waals surface area contributed by atoms with Gasteiger partial charge < -0.3 is 15.0 Å². The summed E-state index contributed by atoms with van der Waals surface area (Å²) >= 11 is 0. The molecule has 96 valence electrons. The predicted molar refractivity (Wildman–Crippen MR) is 71.7 cm³/mol. The molecular weight excluding hydrogens is 228 g/mol. The Kier molecular flexibility index (Phi) is 3.99. The molecule has 2 aromatic rings. The van der Waals surface area contributed by atoms with Crippen LogP contribution < -0.4 is 5.32 Å². The lowest BCUT2D eigenvalue weighted by Crippen LogP contribution is -2.35. The molecule has 0 fully saturated rings. The van der Waals surface area contributed by atoms with E-state index in [-0.39, 0.29) is 11.9 Å². The fraction of sp³-hybridized carbons (Fsp3) is 0.357. The minimum atomic E-state index is -0.0626. The van der Waals surface area contributed by atoms with E-state index < -0.39 is 0 Å². The molecule has 4 heteroatoms. The largest absolute Gasteiger partial charge is 0.380 e. The summed E-state index contributed by atoms with van der Waals surface area (Å²) in [5.74, 6) is -0.0626. The first-order valence-electron chi connectivity index (χ1n) is 6.17. The molecule has 0 aliphatic rings. The van der Waals surface area contributed by atoms with Gasteiger partial charge in [0.1, 0.15) is 0 Å². The first kappa shape index (κ1) is 12.6. The molecule has 1 aromatic carbocycles. The molecule has 0 spiro atoms. The molecule has 0 saturated carbocycles. The van der Waals surface area contributed by atoms with Crippen molar-refractivity contribution < 1.29 is 9.53 Å². The molecule has 1 heterocycles. The number of aromatic nitrogens is 1. The van der Waals surface area contributed by atoms with Crippen LogP contribution in [-0.4, -0.2) is 30.1 Å². The molecule has 1 atom stereocenters. The fourth-order valence-corrected chi connectivity index (χ4v) is 1.92. The summed E-state index contributed by atoms with van der Waals surface area (Å²) in [6.07, 6.45) is 1.84. The van der Waals surface area contributed by atoms with Crippen molar-refractivity contribution in [3.63, 3.8) is 0 Å². The number of amides is 1. The quantitative estimate of drug-likeness (QED) is 0.850. The van der Waals surface area contributed by atoms with Crippen LogP contribution in [0.3, 0.4) is 0 Å². The van der Waals surface area contributed by atoms with Crippen molar-refractivity contribution in [2.45, 2.75) is 19.9 Å². The zero-order valence-electron chi connectivity index (χ0n) is 10.7. The van der Waals surface area contributed by atoms with Gasteiger partial charge in [-0.25, -0.2) is 0 Å². The predicted octanol–water partition coefficient (Wildman–Crippen LogP) is 2.32. The molecule has 1 amide bonds. The van der Waals surface area contributed by atoms with Crippen LogP contribution in [0.4, 0.5) is 0 Å². The molecule has 0 aliphatic carbocycles. The van der Waals surface area contributed by atoms with Crippen LogP contribution >= 0.6 is 0 Å². The second-order valence-corrected chi connectivity index (χ2v) is 4.28. The van der Waals surface area contributed by atoms with Gasteiger partial charge in [-0.15, -0.1) is 0 Å². The summed E-state index contributed by atoms with van der Waals surface area (Å²) in [6, 6.07) is 7.58. The molecule has 4 nitrogen and oxygen atoms in total. The molecule has 0 aliphatic heterocycles. The maximum Gasteiger partial charge on any atom is 0.252 e. The van der Waals surface area contributed by atoms with E-state index in [4.69, 9.17) is 4.74 Å². The Bertz CT molecular complexity index is 533. The molecule has 1 unspecified atom stereocenters. The third kappa shape index (κ3) is 2.71. The van der Waals surface area contributed by atoms with Gasteiger partial charge in [0.05, 0.1) is 6.61 Å². The number of rotatable bonds is 5. The van der Waals surface area contributed by atoms with Crippen molar-refractivity contribution >= 4 is 16.8 Å². The highest BCUT2D eigenvalue weighted by Gasteiger charge is 2.12. The monoisotopic (exact) mass is 246 g/mol. The first-order valence-corrected chi connectivity index (χ1v) is 6.17. The molecule has 0 radical (unpaired) electrons. The van der Waals surface area contributed by atoms with Gasteiger partial charge in [-0.05, 0) is 32.0 Å². The van der Waals surface area contributed by atoms with Gasteiger partial charge in [-0.2, -0.15) is 0 Å². The average Bonchev–Trinajstić information content (AvgIpc) is 2.84. The van der Waals surface area contributed by atoms with E-state index in [1.807, 2.05) is 44.3 Å². The van der Waals surface area contributed by atoms with Gasteiger partial charge in [-0.1, -0.05) is 6.07 Å². The van der Waals surface area contributed by atoms with E-state index in [2.05, 4.69) is 10.3 Å². The van der Waals surface area contributed by atoms with Crippen molar-refractivity contribution in [3.05, 3.63) is 36.0 Å². The van der Waals surface area contributed by atoms with Gasteiger partial charge in [-0.3, -0.25) is 4.79 Å². The minimum Gasteiger partial charge on any atom is -0.380 e. The zero-order chi connectivity index (χ0) is 13.0. The average molecular weight is 246 g/mol. The number of carbonyl (C=O) groups excluding carboxylic acids is 1. The van der Waals surface area contributed by atoms with E-state index >= 15 is 0 Å². The lowest BCUT2D eigenvalue weighted by atomic mass is 10.1. The van der Waals surface area contributed by atoms with Crippen LogP contribution in [0.1, 0.15) is 24.2 Å². The molecular formula is C14H18N2O2. The van der Waals surface area contributed by atoms with Crippen LogP contribution in [0.2, 0.25) is 0 Å². The summed E-state index contributed by atoms with van der Waals surface area (Å²) in [6.45, 7) is 5.07. The smallest absolute Gasteiger partial charge is 0.252 e. The van der Waals surface area contributed by atoms with Gasteiger partial charge >= 0.3 is 0 Å². The number of hydrogen-bond donors (Lipinski definition) is 2. The number of aromatic amines is 1. The van der Waals surface area contributed by atoms with Crippen molar-refractivity contribution in [3.8, 4) is 0 Å². The SMILES string of the molecule is CCOCC(C)NC(=O)c1cccc2[nH]ccc12. The Morgan fingerprint density at radius 2 is 2.28 bits per heavy atom. The van der Waals surface area contributed by atoms with Gasteiger partial charge in [0.15, 0.2) is 0 Å². The summed E-state index contributed by atoms with van der Waals surface area (Å²) in [7, 11) is 0. The summed E-state index contributed by atoms with van der Waals surface area (Å²) < 4.78 is 5.28. The molecule has 2 rings (SSSR count). The fourth-order valence-electron chi connectivity index (χ4n) is 1.92. The summed E-state index contributed by atoms with van der Waals surface area (Å²) in [5.41, 5.74) is 1.66. The number of carbonyl (C=O) groups is 1. The van der Waals surface area contributed by atoms with E-state index in [1.165, 1.54) is 0 Å². The zero-order valence-corrected chi connectivity index (χ0v) is 10.7. The maximum absolute atomic E-state index is 12.1. The van der Waals surface area contributed by atoms with Crippen LogP contribution in [0, 0.1) is 0 Å². The highest BCUT2D eigenvalue weighted by molar-refractivity contribution is 6.06. The van der Waals surface area contributed by atoms with Gasteiger partial charge in [0, 0.05) is 35.3 Å². The second-order valence-electron chi connectivity index (χ2n) is 4.28. The normalized spacial score (nSPS) is 12.6. The summed E-state index contributed by atoms with van der Waals surface area (Å²) in [4.78, 5) is 15.2. The lowest BCUT2D eigenvalue weighted by molar-refractivity contribution is 0.0873. The Hall–Kier alpha value is -1.81. The first-order chi connectivity index (χ1) is 8.72. The maximum atomic E-state index is 12.1. The third-order valence-corrected chi connectivity index (χ3v) is 2.79. The molecule has 1 aromatic heterocycles. The molecule has 0 bridgehead atoms. The highest BCUT2D eigenvalue weighted by Crippen LogP contribution is 2.17. The number of nitrogens with one attached hydrogen (secondary N) is 2. The van der Waals surface area contributed by atoms with Crippen molar-refractivity contribution in [1.29, 1.82) is 0 Å². The Morgan fingerprint density at radius 1 is 1.44 bits per heavy atom. The van der Waals surface area contributed by atoms with Crippen LogP contribution in [0.25, 0.3) is 10.9 Å². The van der Waals surface area contributed by atoms with E-state index in [0.717, 1.165) is 10.9 Å². The van der Waals surface area contributed by atoms with Crippen molar-refractivity contribution in [1.82, 2.24) is 10.3 Å². The van der Waals surface area contributed by atoms with Gasteiger partial charge in [0.2, 0.25) is 0 Å². The van der Waals surface area contributed by atoms with E-state index in [0.29, 0.717) is 18.8 Å². The number of ether oxygens (including phenoxy) is 1.